The van der Waals surface area contributed by atoms with Crippen molar-refractivity contribution in [3.05, 3.63) is 47.3 Å². The van der Waals surface area contributed by atoms with Crippen molar-refractivity contribution in [1.29, 1.82) is 0 Å². The standard InChI is InChI=1S/C31H39F6N5O5S/c32-30(33,34)23-11-9-21(10-12-23)4-1-7-25(43)24-6-3-16-42(24)27-20-26(39-29(40-27)31(35,36)37)41-17-13-22(14-18-41)5-2-8-28(44)38-15-19-48(45,46)47/h9-12,20,22,24H,1-8,13-19H2,(H,38,44)(H,45,46,47)/t24-/m0/s1. The summed E-state index contributed by atoms with van der Waals surface area (Å²) in [6.07, 6.45) is -4.58. The molecule has 0 radical (unpaired) electrons. The maximum atomic E-state index is 13.9. The molecule has 1 atom stereocenters. The van der Waals surface area contributed by atoms with Crippen LogP contribution in [0.5, 0.6) is 0 Å². The van der Waals surface area contributed by atoms with Crippen molar-refractivity contribution in [3.8, 4) is 0 Å². The first-order chi connectivity index (χ1) is 22.5. The van der Waals surface area contributed by atoms with Crippen LogP contribution < -0.4 is 15.1 Å². The van der Waals surface area contributed by atoms with Gasteiger partial charge in [-0.1, -0.05) is 12.1 Å². The van der Waals surface area contributed by atoms with Crippen molar-refractivity contribution in [3.63, 3.8) is 0 Å². The highest BCUT2D eigenvalue weighted by Crippen LogP contribution is 2.35. The molecule has 48 heavy (non-hydrogen) atoms. The molecule has 2 aromatic rings. The minimum atomic E-state index is -4.81. The van der Waals surface area contributed by atoms with Crippen molar-refractivity contribution in [2.75, 3.05) is 41.7 Å². The summed E-state index contributed by atoms with van der Waals surface area (Å²) in [5.41, 5.74) is -0.107. The van der Waals surface area contributed by atoms with E-state index in [1.165, 1.54) is 18.2 Å². The van der Waals surface area contributed by atoms with Gasteiger partial charge in [-0.15, -0.1) is 0 Å². The Hall–Kier alpha value is -3.47. The van der Waals surface area contributed by atoms with Gasteiger partial charge < -0.3 is 15.1 Å². The molecule has 0 aliphatic carbocycles. The second kappa shape index (κ2) is 15.8. The average Bonchev–Trinajstić information content (AvgIpc) is 3.50. The molecule has 0 spiro atoms. The van der Waals surface area contributed by atoms with E-state index in [-0.39, 0.29) is 48.6 Å². The molecule has 3 heterocycles. The molecule has 10 nitrogen and oxygen atoms in total. The van der Waals surface area contributed by atoms with Gasteiger partial charge in [-0.3, -0.25) is 14.1 Å². The SMILES string of the molecule is O=C(CCCC1CCN(c2cc(N3CCC[C@H]3C(=O)CCCc3ccc(C(F)(F)F)cc3)nc(C(F)(F)F)n2)CC1)NCCS(=O)(=O)O. The Bertz CT molecular complexity index is 1510. The fraction of sp³-hybridized carbons (Fsp3) is 0.613. The van der Waals surface area contributed by atoms with E-state index in [4.69, 9.17) is 4.55 Å². The van der Waals surface area contributed by atoms with Crippen LogP contribution in [0.3, 0.4) is 0 Å². The van der Waals surface area contributed by atoms with E-state index >= 15 is 0 Å². The van der Waals surface area contributed by atoms with Crippen LogP contribution in [-0.2, 0) is 38.5 Å². The number of aromatic nitrogens is 2. The normalized spacial score (nSPS) is 17.9. The van der Waals surface area contributed by atoms with Crippen molar-refractivity contribution in [2.45, 2.75) is 82.6 Å². The average molecular weight is 708 g/mol. The van der Waals surface area contributed by atoms with Crippen LogP contribution in [0.2, 0.25) is 0 Å². The van der Waals surface area contributed by atoms with E-state index in [1.54, 1.807) is 9.80 Å². The third-order valence-corrected chi connectivity index (χ3v) is 9.40. The largest absolute Gasteiger partial charge is 0.451 e. The summed E-state index contributed by atoms with van der Waals surface area (Å²) in [6, 6.07) is 5.55. The lowest BCUT2D eigenvalue weighted by molar-refractivity contribution is -0.144. The second-order valence-electron chi connectivity index (χ2n) is 12.2. The summed E-state index contributed by atoms with van der Waals surface area (Å²) >= 11 is 0. The van der Waals surface area contributed by atoms with Crippen molar-refractivity contribution >= 4 is 33.4 Å². The number of Topliss-reactive ketones (excluding diaryl/α,β-unsaturated/α-hetero) is 1. The van der Waals surface area contributed by atoms with Crippen LogP contribution in [-0.4, -0.2) is 72.6 Å². The molecular weight excluding hydrogens is 668 g/mol. The van der Waals surface area contributed by atoms with Gasteiger partial charge in [-0.2, -0.15) is 34.8 Å². The number of aryl methyl sites for hydroxylation is 1. The number of ketones is 1. The number of alkyl halides is 6. The van der Waals surface area contributed by atoms with E-state index in [2.05, 4.69) is 15.3 Å². The summed E-state index contributed by atoms with van der Waals surface area (Å²) in [6.45, 7) is 1.03. The predicted molar refractivity (Wildman–Crippen MR) is 165 cm³/mol. The monoisotopic (exact) mass is 707 g/mol. The lowest BCUT2D eigenvalue weighted by Gasteiger charge is -2.34. The molecule has 2 fully saturated rings. The number of carbonyl (C=O) groups excluding carboxylic acids is 2. The lowest BCUT2D eigenvalue weighted by Crippen LogP contribution is -2.38. The fourth-order valence-corrected chi connectivity index (χ4v) is 6.50. The summed E-state index contributed by atoms with van der Waals surface area (Å²) in [4.78, 5) is 36.1. The first-order valence-electron chi connectivity index (χ1n) is 15.9. The molecule has 0 unspecified atom stereocenters. The Kier molecular flexibility index (Phi) is 12.3. The van der Waals surface area contributed by atoms with Gasteiger partial charge in [0, 0.05) is 45.1 Å². The lowest BCUT2D eigenvalue weighted by atomic mass is 9.91. The fourth-order valence-electron chi connectivity index (χ4n) is 6.14. The number of hydrogen-bond donors (Lipinski definition) is 2. The number of nitrogens with zero attached hydrogens (tertiary/aromatic N) is 4. The number of benzene rings is 1. The number of halogens is 6. The highest BCUT2D eigenvalue weighted by atomic mass is 32.2. The van der Waals surface area contributed by atoms with Gasteiger partial charge in [0.05, 0.1) is 17.4 Å². The summed E-state index contributed by atoms with van der Waals surface area (Å²) < 4.78 is 110. The quantitative estimate of drug-likeness (QED) is 0.194. The predicted octanol–water partition coefficient (Wildman–Crippen LogP) is 5.47. The highest BCUT2D eigenvalue weighted by Gasteiger charge is 2.39. The smallest absolute Gasteiger partial charge is 0.356 e. The number of nitrogens with one attached hydrogen (secondary N) is 1. The molecule has 2 aliphatic heterocycles. The van der Waals surface area contributed by atoms with Gasteiger partial charge in [0.2, 0.25) is 11.7 Å². The number of piperidine rings is 1. The molecule has 17 heteroatoms. The van der Waals surface area contributed by atoms with E-state index in [1.807, 2.05) is 0 Å². The van der Waals surface area contributed by atoms with E-state index in [9.17, 15) is 44.3 Å². The molecule has 4 rings (SSSR count). The first-order valence-corrected chi connectivity index (χ1v) is 17.5. The maximum Gasteiger partial charge on any atom is 0.451 e. The minimum absolute atomic E-state index is 0.0213. The highest BCUT2D eigenvalue weighted by molar-refractivity contribution is 7.85. The maximum absolute atomic E-state index is 13.9. The molecule has 0 bridgehead atoms. The molecule has 1 aromatic heterocycles. The Morgan fingerprint density at radius 3 is 2.19 bits per heavy atom. The molecule has 1 aromatic carbocycles. The van der Waals surface area contributed by atoms with Gasteiger partial charge in [0.25, 0.3) is 10.1 Å². The van der Waals surface area contributed by atoms with Gasteiger partial charge in [-0.25, -0.2) is 9.97 Å². The molecule has 2 aliphatic rings. The first kappa shape index (κ1) is 37.4. The molecule has 2 saturated heterocycles. The van der Waals surface area contributed by atoms with E-state index < -0.39 is 45.7 Å². The molecule has 2 N–H and O–H groups in total. The summed E-state index contributed by atoms with van der Waals surface area (Å²) in [7, 11) is -4.16. The Labute approximate surface area is 275 Å². The van der Waals surface area contributed by atoms with Crippen molar-refractivity contribution in [2.24, 2.45) is 5.92 Å². The summed E-state index contributed by atoms with van der Waals surface area (Å²) in [5.74, 6) is -1.99. The van der Waals surface area contributed by atoms with Gasteiger partial charge >= 0.3 is 12.4 Å². The topological polar surface area (TPSA) is 133 Å². The Balaban J connectivity index is 1.33. The van der Waals surface area contributed by atoms with Gasteiger partial charge in [0.1, 0.15) is 11.6 Å². The number of carbonyl (C=O) groups is 2. The molecule has 266 valence electrons. The van der Waals surface area contributed by atoms with Crippen LogP contribution >= 0.6 is 0 Å². The number of rotatable bonds is 14. The zero-order chi connectivity index (χ0) is 35.1. The molecule has 0 saturated carbocycles. The van der Waals surface area contributed by atoms with Crippen LogP contribution in [0.25, 0.3) is 0 Å². The minimum Gasteiger partial charge on any atom is -0.356 e. The van der Waals surface area contributed by atoms with Crippen LogP contribution in [0.15, 0.2) is 30.3 Å². The van der Waals surface area contributed by atoms with Gasteiger partial charge in [-0.05, 0) is 75.0 Å². The molecule has 1 amide bonds. The third-order valence-electron chi connectivity index (χ3n) is 8.68. The van der Waals surface area contributed by atoms with E-state index in [0.717, 1.165) is 12.1 Å². The zero-order valence-electron chi connectivity index (χ0n) is 26.2. The second-order valence-corrected chi connectivity index (χ2v) is 13.8. The number of anilines is 2. The van der Waals surface area contributed by atoms with Crippen molar-refractivity contribution < 1.29 is 48.9 Å². The number of hydrogen-bond acceptors (Lipinski definition) is 8. The van der Waals surface area contributed by atoms with Gasteiger partial charge in [0.15, 0.2) is 5.78 Å². The third kappa shape index (κ3) is 11.0. The number of amides is 1. The van der Waals surface area contributed by atoms with E-state index in [0.29, 0.717) is 76.6 Å². The van der Waals surface area contributed by atoms with Crippen LogP contribution in [0, 0.1) is 5.92 Å². The Morgan fingerprint density at radius 2 is 1.56 bits per heavy atom. The van der Waals surface area contributed by atoms with Crippen molar-refractivity contribution in [1.82, 2.24) is 15.3 Å². The zero-order valence-corrected chi connectivity index (χ0v) is 27.0. The molecular formula is C31H39F6N5O5S. The Morgan fingerprint density at radius 1 is 0.896 bits per heavy atom. The summed E-state index contributed by atoms with van der Waals surface area (Å²) in [5, 5.41) is 2.43. The van der Waals surface area contributed by atoms with Crippen LogP contribution in [0.4, 0.5) is 38.0 Å². The van der Waals surface area contributed by atoms with Crippen LogP contribution in [0.1, 0.15) is 74.7 Å².